The summed E-state index contributed by atoms with van der Waals surface area (Å²) in [6.07, 6.45) is 0. The van der Waals surface area contributed by atoms with Crippen LogP contribution in [0.25, 0.3) is 11.0 Å². The standard InChI is InChI=1S/C17H11N3O5S/c21-15-7-4-10-8-12(5-6-14(10)25-15)18-17(26)19-16(22)11-2-1-3-13(9-11)20(23)24/h1-9H,(H2,18,19,22,26). The van der Waals surface area contributed by atoms with Crippen molar-refractivity contribution in [2.24, 2.45) is 0 Å². The highest BCUT2D eigenvalue weighted by Crippen LogP contribution is 2.18. The number of rotatable bonds is 3. The predicted molar refractivity (Wildman–Crippen MR) is 99.3 cm³/mol. The highest BCUT2D eigenvalue weighted by molar-refractivity contribution is 7.80. The third-order valence-electron chi connectivity index (χ3n) is 3.42. The lowest BCUT2D eigenvalue weighted by molar-refractivity contribution is -0.384. The molecule has 0 saturated heterocycles. The molecule has 0 atom stereocenters. The fourth-order valence-electron chi connectivity index (χ4n) is 2.25. The van der Waals surface area contributed by atoms with Crippen LogP contribution in [-0.4, -0.2) is 15.9 Å². The fourth-order valence-corrected chi connectivity index (χ4v) is 2.46. The molecule has 0 unspecified atom stereocenters. The normalized spacial score (nSPS) is 10.3. The van der Waals surface area contributed by atoms with E-state index >= 15 is 0 Å². The lowest BCUT2D eigenvalue weighted by Crippen LogP contribution is -2.34. The minimum absolute atomic E-state index is 0.0261. The number of benzene rings is 2. The van der Waals surface area contributed by atoms with Crippen LogP contribution in [0.4, 0.5) is 11.4 Å². The van der Waals surface area contributed by atoms with E-state index in [0.29, 0.717) is 16.7 Å². The van der Waals surface area contributed by atoms with Gasteiger partial charge in [0, 0.05) is 34.8 Å². The highest BCUT2D eigenvalue weighted by Gasteiger charge is 2.12. The van der Waals surface area contributed by atoms with Crippen LogP contribution in [0.5, 0.6) is 0 Å². The average molecular weight is 369 g/mol. The number of nitrogens with zero attached hydrogens (tertiary/aromatic N) is 1. The van der Waals surface area contributed by atoms with Crippen molar-refractivity contribution in [3.05, 3.63) is 80.7 Å². The Kier molecular flexibility index (Phi) is 4.72. The summed E-state index contributed by atoms with van der Waals surface area (Å²) in [7, 11) is 0. The molecular weight excluding hydrogens is 358 g/mol. The van der Waals surface area contributed by atoms with Crippen LogP contribution in [0.15, 0.2) is 63.8 Å². The number of amides is 1. The van der Waals surface area contributed by atoms with Crippen molar-refractivity contribution in [2.45, 2.75) is 0 Å². The number of carbonyl (C=O) groups is 1. The number of hydrogen-bond donors (Lipinski definition) is 2. The van der Waals surface area contributed by atoms with Crippen LogP contribution in [0.3, 0.4) is 0 Å². The Labute approximate surface area is 151 Å². The second kappa shape index (κ2) is 7.11. The molecule has 0 saturated carbocycles. The summed E-state index contributed by atoms with van der Waals surface area (Å²) in [4.78, 5) is 33.5. The van der Waals surface area contributed by atoms with E-state index in [9.17, 15) is 19.7 Å². The minimum atomic E-state index is -0.583. The van der Waals surface area contributed by atoms with Crippen LogP contribution < -0.4 is 16.3 Å². The monoisotopic (exact) mass is 369 g/mol. The quantitative estimate of drug-likeness (QED) is 0.316. The molecule has 8 nitrogen and oxygen atoms in total. The maximum Gasteiger partial charge on any atom is 0.336 e. The smallest absolute Gasteiger partial charge is 0.336 e. The van der Waals surface area contributed by atoms with Gasteiger partial charge in [-0.3, -0.25) is 20.2 Å². The van der Waals surface area contributed by atoms with E-state index in [0.717, 1.165) is 6.07 Å². The first-order valence-electron chi connectivity index (χ1n) is 7.33. The summed E-state index contributed by atoms with van der Waals surface area (Å²) < 4.78 is 5.03. The second-order valence-corrected chi connectivity index (χ2v) is 5.63. The van der Waals surface area contributed by atoms with Gasteiger partial charge in [0.1, 0.15) is 5.58 Å². The van der Waals surface area contributed by atoms with E-state index in [4.69, 9.17) is 16.6 Å². The summed E-state index contributed by atoms with van der Waals surface area (Å²) in [5.41, 5.74) is 0.486. The molecular formula is C17H11N3O5S. The van der Waals surface area contributed by atoms with E-state index in [1.54, 1.807) is 24.3 Å². The molecule has 0 radical (unpaired) electrons. The number of fused-ring (bicyclic) bond motifs is 1. The van der Waals surface area contributed by atoms with Gasteiger partial charge in [0.15, 0.2) is 5.11 Å². The number of nitro groups is 1. The Bertz CT molecular complexity index is 1090. The van der Waals surface area contributed by atoms with Gasteiger partial charge < -0.3 is 9.73 Å². The van der Waals surface area contributed by atoms with Crippen molar-refractivity contribution in [3.63, 3.8) is 0 Å². The van der Waals surface area contributed by atoms with Gasteiger partial charge in [-0.1, -0.05) is 6.07 Å². The van der Waals surface area contributed by atoms with Crippen molar-refractivity contribution in [1.29, 1.82) is 0 Å². The lowest BCUT2D eigenvalue weighted by atomic mass is 10.2. The van der Waals surface area contributed by atoms with E-state index in [1.165, 1.54) is 24.3 Å². The summed E-state index contributed by atoms with van der Waals surface area (Å²) in [6.45, 7) is 0. The summed E-state index contributed by atoms with van der Waals surface area (Å²) in [6, 6.07) is 13.2. The fraction of sp³-hybridized carbons (Fsp3) is 0. The number of anilines is 1. The van der Waals surface area contributed by atoms with Crippen molar-refractivity contribution in [1.82, 2.24) is 5.32 Å². The van der Waals surface area contributed by atoms with Gasteiger partial charge in [0.25, 0.3) is 11.6 Å². The van der Waals surface area contributed by atoms with Gasteiger partial charge in [-0.05, 0) is 42.5 Å². The van der Waals surface area contributed by atoms with Gasteiger partial charge in [-0.25, -0.2) is 4.79 Å². The largest absolute Gasteiger partial charge is 0.423 e. The third kappa shape index (κ3) is 3.90. The van der Waals surface area contributed by atoms with Crippen molar-refractivity contribution < 1.29 is 14.1 Å². The molecule has 0 spiro atoms. The molecule has 9 heteroatoms. The zero-order chi connectivity index (χ0) is 18.7. The van der Waals surface area contributed by atoms with Crippen molar-refractivity contribution >= 4 is 45.6 Å². The Morgan fingerprint density at radius 1 is 1.12 bits per heavy atom. The van der Waals surface area contributed by atoms with Crippen LogP contribution >= 0.6 is 12.2 Å². The molecule has 1 aromatic heterocycles. The lowest BCUT2D eigenvalue weighted by Gasteiger charge is -2.10. The number of thiocarbonyl (C=S) groups is 1. The third-order valence-corrected chi connectivity index (χ3v) is 3.63. The minimum Gasteiger partial charge on any atom is -0.423 e. The maximum atomic E-state index is 12.2. The van der Waals surface area contributed by atoms with Crippen LogP contribution in [-0.2, 0) is 0 Å². The molecule has 3 aromatic rings. The van der Waals surface area contributed by atoms with Crippen LogP contribution in [0, 0.1) is 10.1 Å². The first-order chi connectivity index (χ1) is 12.4. The maximum absolute atomic E-state index is 12.2. The topological polar surface area (TPSA) is 114 Å². The molecule has 0 bridgehead atoms. The number of nitro benzene ring substituents is 1. The van der Waals surface area contributed by atoms with Gasteiger partial charge in [-0.2, -0.15) is 0 Å². The van der Waals surface area contributed by atoms with E-state index in [-0.39, 0.29) is 16.4 Å². The van der Waals surface area contributed by atoms with E-state index < -0.39 is 16.5 Å². The summed E-state index contributed by atoms with van der Waals surface area (Å²) in [5, 5.41) is 16.8. The first-order valence-corrected chi connectivity index (χ1v) is 7.74. The van der Waals surface area contributed by atoms with Crippen LogP contribution in [0.1, 0.15) is 10.4 Å². The number of carbonyl (C=O) groups excluding carboxylic acids is 1. The molecule has 0 aliphatic rings. The van der Waals surface area contributed by atoms with Gasteiger partial charge in [0.05, 0.1) is 4.92 Å². The molecule has 2 N–H and O–H groups in total. The highest BCUT2D eigenvalue weighted by atomic mass is 32.1. The summed E-state index contributed by atoms with van der Waals surface area (Å²) in [5.74, 6) is -0.571. The van der Waals surface area contributed by atoms with E-state index in [1.807, 2.05) is 0 Å². The Morgan fingerprint density at radius 2 is 1.92 bits per heavy atom. The molecule has 130 valence electrons. The zero-order valence-corrected chi connectivity index (χ0v) is 13.9. The molecule has 26 heavy (non-hydrogen) atoms. The molecule has 0 aliphatic carbocycles. The number of nitrogens with one attached hydrogen (secondary N) is 2. The zero-order valence-electron chi connectivity index (χ0n) is 13.1. The number of non-ortho nitro benzene ring substituents is 1. The molecule has 0 aliphatic heterocycles. The van der Waals surface area contributed by atoms with Crippen LogP contribution in [0.2, 0.25) is 0 Å². The Morgan fingerprint density at radius 3 is 2.69 bits per heavy atom. The SMILES string of the molecule is O=C(NC(=S)Nc1ccc2oc(=O)ccc2c1)c1cccc([N+](=O)[O-])c1. The molecule has 3 rings (SSSR count). The molecule has 1 amide bonds. The van der Waals surface area contributed by atoms with E-state index in [2.05, 4.69) is 10.6 Å². The van der Waals surface area contributed by atoms with Crippen molar-refractivity contribution in [2.75, 3.05) is 5.32 Å². The average Bonchev–Trinajstić information content (AvgIpc) is 2.61. The Hall–Kier alpha value is -3.59. The number of hydrogen-bond acceptors (Lipinski definition) is 6. The van der Waals surface area contributed by atoms with Gasteiger partial charge in [0.2, 0.25) is 0 Å². The van der Waals surface area contributed by atoms with Gasteiger partial charge >= 0.3 is 5.63 Å². The second-order valence-electron chi connectivity index (χ2n) is 5.22. The molecule has 0 fully saturated rings. The van der Waals surface area contributed by atoms with Crippen molar-refractivity contribution in [3.8, 4) is 0 Å². The Balaban J connectivity index is 1.71. The first kappa shape index (κ1) is 17.2. The summed E-state index contributed by atoms with van der Waals surface area (Å²) >= 11 is 5.09. The van der Waals surface area contributed by atoms with Gasteiger partial charge in [-0.15, -0.1) is 0 Å². The molecule has 1 heterocycles. The molecule has 2 aromatic carbocycles. The predicted octanol–water partition coefficient (Wildman–Crippen LogP) is 2.83.